The molecule has 0 aliphatic heterocycles. The smallest absolute Gasteiger partial charge is 0.167 e. The number of ketones is 1. The van der Waals surface area contributed by atoms with Crippen molar-refractivity contribution in [2.75, 3.05) is 0 Å². The van der Waals surface area contributed by atoms with Crippen molar-refractivity contribution in [1.82, 2.24) is 0 Å². The second kappa shape index (κ2) is 5.61. The molecule has 0 unspecified atom stereocenters. The molecule has 0 amide bonds. The summed E-state index contributed by atoms with van der Waals surface area (Å²) in [5.41, 5.74) is 1.26. The highest BCUT2D eigenvalue weighted by molar-refractivity contribution is 9.10. The second-order valence-electron chi connectivity index (χ2n) is 4.29. The van der Waals surface area contributed by atoms with Crippen LogP contribution in [0.4, 0.5) is 8.78 Å². The van der Waals surface area contributed by atoms with Crippen molar-refractivity contribution < 1.29 is 13.6 Å². The Balaban J connectivity index is 2.29. The van der Waals surface area contributed by atoms with Gasteiger partial charge in [0, 0.05) is 17.5 Å². The average Bonchev–Trinajstić information content (AvgIpc) is 2.40. The predicted molar refractivity (Wildman–Crippen MR) is 73.3 cm³/mol. The van der Waals surface area contributed by atoms with E-state index in [0.29, 0.717) is 5.56 Å². The van der Waals surface area contributed by atoms with Gasteiger partial charge in [-0.3, -0.25) is 4.79 Å². The summed E-state index contributed by atoms with van der Waals surface area (Å²) in [6.07, 6.45) is -0.292. The van der Waals surface area contributed by atoms with E-state index in [4.69, 9.17) is 0 Å². The molecule has 0 radical (unpaired) electrons. The van der Waals surface area contributed by atoms with E-state index in [9.17, 15) is 13.6 Å². The van der Waals surface area contributed by atoms with E-state index in [1.54, 1.807) is 24.3 Å². The monoisotopic (exact) mass is 324 g/mol. The molecule has 0 aromatic heterocycles. The molecule has 0 atom stereocenters. The van der Waals surface area contributed by atoms with Gasteiger partial charge in [-0.15, -0.1) is 0 Å². The summed E-state index contributed by atoms with van der Waals surface area (Å²) in [5.74, 6) is -1.74. The first kappa shape index (κ1) is 13.9. The van der Waals surface area contributed by atoms with Crippen LogP contribution in [0.15, 0.2) is 40.9 Å². The number of hydrogen-bond acceptors (Lipinski definition) is 1. The fourth-order valence-corrected chi connectivity index (χ4v) is 2.10. The summed E-state index contributed by atoms with van der Waals surface area (Å²) >= 11 is 2.98. The fourth-order valence-electron chi connectivity index (χ4n) is 1.73. The summed E-state index contributed by atoms with van der Waals surface area (Å²) in [6.45, 7) is 1.90. The number of hydrogen-bond donors (Lipinski definition) is 0. The largest absolute Gasteiger partial charge is 0.294 e. The SMILES string of the molecule is Cc1ccc(C(=O)Cc2c(F)ccc(Br)c2F)cc1. The lowest BCUT2D eigenvalue weighted by Crippen LogP contribution is -2.07. The molecule has 0 spiro atoms. The van der Waals surface area contributed by atoms with E-state index in [1.165, 1.54) is 6.07 Å². The number of benzene rings is 2. The molecule has 2 rings (SSSR count). The molecule has 0 aliphatic carbocycles. The number of rotatable bonds is 3. The minimum atomic E-state index is -0.722. The highest BCUT2D eigenvalue weighted by Crippen LogP contribution is 2.23. The summed E-state index contributed by atoms with van der Waals surface area (Å²) in [4.78, 5) is 12.0. The van der Waals surface area contributed by atoms with Crippen molar-refractivity contribution in [1.29, 1.82) is 0 Å². The van der Waals surface area contributed by atoms with Gasteiger partial charge in [-0.25, -0.2) is 8.78 Å². The van der Waals surface area contributed by atoms with E-state index in [1.807, 2.05) is 6.92 Å². The first-order valence-electron chi connectivity index (χ1n) is 5.71. The summed E-state index contributed by atoms with van der Waals surface area (Å²) in [6, 6.07) is 9.33. The van der Waals surface area contributed by atoms with Crippen LogP contribution in [0.1, 0.15) is 21.5 Å². The second-order valence-corrected chi connectivity index (χ2v) is 5.14. The Morgan fingerprint density at radius 2 is 1.74 bits per heavy atom. The lowest BCUT2D eigenvalue weighted by Gasteiger charge is -2.06. The molecule has 0 aliphatic rings. The molecule has 0 bridgehead atoms. The summed E-state index contributed by atoms with van der Waals surface area (Å²) < 4.78 is 27.5. The number of Topliss-reactive ketones (excluding diaryl/α,β-unsaturated/α-hetero) is 1. The van der Waals surface area contributed by atoms with Crippen molar-refractivity contribution in [3.05, 3.63) is 69.2 Å². The maximum atomic E-state index is 13.8. The standard InChI is InChI=1S/C15H11BrF2O/c1-9-2-4-10(5-3-9)14(19)8-11-13(17)7-6-12(16)15(11)18/h2-7H,8H2,1H3. The highest BCUT2D eigenvalue weighted by atomic mass is 79.9. The topological polar surface area (TPSA) is 17.1 Å². The number of halogens is 3. The minimum Gasteiger partial charge on any atom is -0.294 e. The van der Waals surface area contributed by atoms with Crippen molar-refractivity contribution in [3.8, 4) is 0 Å². The Morgan fingerprint density at radius 3 is 2.37 bits per heavy atom. The zero-order chi connectivity index (χ0) is 14.0. The highest BCUT2D eigenvalue weighted by Gasteiger charge is 2.16. The minimum absolute atomic E-state index is 0.153. The molecule has 0 N–H and O–H groups in total. The molecule has 0 saturated carbocycles. The van der Waals surface area contributed by atoms with Gasteiger partial charge in [0.25, 0.3) is 0 Å². The van der Waals surface area contributed by atoms with Crippen LogP contribution in [-0.4, -0.2) is 5.78 Å². The molecule has 98 valence electrons. The Hall–Kier alpha value is -1.55. The van der Waals surface area contributed by atoms with Gasteiger partial charge in [-0.2, -0.15) is 0 Å². The van der Waals surface area contributed by atoms with Crippen molar-refractivity contribution in [2.24, 2.45) is 0 Å². The maximum Gasteiger partial charge on any atom is 0.167 e. The van der Waals surface area contributed by atoms with E-state index >= 15 is 0 Å². The normalized spacial score (nSPS) is 10.5. The molecule has 19 heavy (non-hydrogen) atoms. The zero-order valence-electron chi connectivity index (χ0n) is 10.2. The van der Waals surface area contributed by atoms with Gasteiger partial charge in [0.2, 0.25) is 0 Å². The van der Waals surface area contributed by atoms with E-state index in [2.05, 4.69) is 15.9 Å². The Labute approximate surface area is 118 Å². The van der Waals surface area contributed by atoms with Gasteiger partial charge in [0.15, 0.2) is 5.78 Å². The molecule has 0 heterocycles. The van der Waals surface area contributed by atoms with Crippen LogP contribution in [-0.2, 0) is 6.42 Å². The fraction of sp³-hybridized carbons (Fsp3) is 0.133. The van der Waals surface area contributed by atoms with Gasteiger partial charge >= 0.3 is 0 Å². The van der Waals surface area contributed by atoms with Gasteiger partial charge in [-0.05, 0) is 35.0 Å². The van der Waals surface area contributed by atoms with E-state index in [0.717, 1.165) is 11.6 Å². The van der Waals surface area contributed by atoms with E-state index < -0.39 is 11.6 Å². The third-order valence-electron chi connectivity index (χ3n) is 2.85. The molecule has 2 aromatic rings. The predicted octanol–water partition coefficient (Wildman–Crippen LogP) is 4.46. The lowest BCUT2D eigenvalue weighted by molar-refractivity contribution is 0.0990. The molecular formula is C15H11BrF2O. The van der Waals surface area contributed by atoms with Crippen LogP contribution in [0.2, 0.25) is 0 Å². The number of carbonyl (C=O) groups is 1. The van der Waals surface area contributed by atoms with Crippen molar-refractivity contribution in [3.63, 3.8) is 0 Å². The Morgan fingerprint density at radius 1 is 1.11 bits per heavy atom. The first-order valence-corrected chi connectivity index (χ1v) is 6.50. The third kappa shape index (κ3) is 3.07. The van der Waals surface area contributed by atoms with Crippen LogP contribution in [0.25, 0.3) is 0 Å². The van der Waals surface area contributed by atoms with Crippen LogP contribution in [0, 0.1) is 18.6 Å². The summed E-state index contributed by atoms with van der Waals surface area (Å²) in [7, 11) is 0. The first-order chi connectivity index (χ1) is 8.99. The van der Waals surface area contributed by atoms with Crippen LogP contribution < -0.4 is 0 Å². The van der Waals surface area contributed by atoms with Gasteiger partial charge in [0.05, 0.1) is 4.47 Å². The molecule has 4 heteroatoms. The maximum absolute atomic E-state index is 13.8. The zero-order valence-corrected chi connectivity index (χ0v) is 11.8. The molecule has 0 fully saturated rings. The van der Waals surface area contributed by atoms with Gasteiger partial charge < -0.3 is 0 Å². The molecule has 1 nitrogen and oxygen atoms in total. The van der Waals surface area contributed by atoms with Gasteiger partial charge in [0.1, 0.15) is 11.6 Å². The van der Waals surface area contributed by atoms with Crippen LogP contribution in [0.3, 0.4) is 0 Å². The van der Waals surface area contributed by atoms with Crippen LogP contribution in [0.5, 0.6) is 0 Å². The van der Waals surface area contributed by atoms with E-state index in [-0.39, 0.29) is 22.2 Å². The van der Waals surface area contributed by atoms with Gasteiger partial charge in [-0.1, -0.05) is 29.8 Å². The van der Waals surface area contributed by atoms with Crippen molar-refractivity contribution in [2.45, 2.75) is 13.3 Å². The number of aryl methyl sites for hydroxylation is 1. The third-order valence-corrected chi connectivity index (χ3v) is 3.46. The lowest BCUT2D eigenvalue weighted by atomic mass is 10.0. The number of carbonyl (C=O) groups excluding carboxylic acids is 1. The summed E-state index contributed by atoms with van der Waals surface area (Å²) in [5, 5.41) is 0. The molecule has 0 saturated heterocycles. The molecule has 2 aromatic carbocycles. The quantitative estimate of drug-likeness (QED) is 0.601. The molecular weight excluding hydrogens is 314 g/mol. The van der Waals surface area contributed by atoms with Crippen LogP contribution >= 0.6 is 15.9 Å². The Bertz CT molecular complexity index is 621. The Kier molecular flexibility index (Phi) is 4.10. The average molecular weight is 325 g/mol. The van der Waals surface area contributed by atoms with Crippen molar-refractivity contribution >= 4 is 21.7 Å².